The third-order valence-corrected chi connectivity index (χ3v) is 4.92. The number of benzene rings is 1. The average molecular weight is 366 g/mol. The molecule has 1 aliphatic heterocycles. The maximum Gasteiger partial charge on any atom is 0.291 e. The molecule has 1 fully saturated rings. The number of piperazine rings is 1. The standard InChI is InChI=1S/C19H22N6O2/c1-13-5-3-4-6-15(13)18-22-16(14(2)27-18)11-24-7-9-25(10-8-24)19(26)17-20-12-21-23-17/h3-6,12H,7-11H2,1-2H3,(H,20,21,23). The summed E-state index contributed by atoms with van der Waals surface area (Å²) in [5, 5.41) is 6.37. The van der Waals surface area contributed by atoms with Gasteiger partial charge in [0.25, 0.3) is 5.91 Å². The van der Waals surface area contributed by atoms with Crippen LogP contribution in [0.15, 0.2) is 35.0 Å². The number of rotatable bonds is 4. The molecule has 0 spiro atoms. The number of nitrogens with zero attached hydrogens (tertiary/aromatic N) is 5. The molecule has 4 rings (SSSR count). The van der Waals surface area contributed by atoms with Crippen molar-refractivity contribution < 1.29 is 9.21 Å². The van der Waals surface area contributed by atoms with E-state index < -0.39 is 0 Å². The van der Waals surface area contributed by atoms with Crippen LogP contribution in [0.1, 0.15) is 27.6 Å². The molecule has 2 aromatic heterocycles. The summed E-state index contributed by atoms with van der Waals surface area (Å²) < 4.78 is 5.91. The minimum absolute atomic E-state index is 0.105. The number of hydrogen-bond donors (Lipinski definition) is 1. The monoisotopic (exact) mass is 366 g/mol. The molecule has 0 radical (unpaired) electrons. The lowest BCUT2D eigenvalue weighted by Crippen LogP contribution is -2.48. The molecule has 3 heterocycles. The Kier molecular flexibility index (Phi) is 4.72. The average Bonchev–Trinajstić information content (AvgIpc) is 3.33. The Morgan fingerprint density at radius 2 is 1.96 bits per heavy atom. The van der Waals surface area contributed by atoms with E-state index in [9.17, 15) is 4.79 Å². The molecule has 0 aliphatic carbocycles. The second-order valence-electron chi connectivity index (χ2n) is 6.74. The molecule has 1 amide bonds. The number of oxazole rings is 1. The fourth-order valence-corrected chi connectivity index (χ4v) is 3.28. The van der Waals surface area contributed by atoms with Gasteiger partial charge in [0.1, 0.15) is 12.1 Å². The van der Waals surface area contributed by atoms with E-state index in [1.54, 1.807) is 4.90 Å². The van der Waals surface area contributed by atoms with E-state index in [1.165, 1.54) is 6.33 Å². The van der Waals surface area contributed by atoms with Gasteiger partial charge in [-0.15, -0.1) is 0 Å². The molecular weight excluding hydrogens is 344 g/mol. The van der Waals surface area contributed by atoms with Gasteiger partial charge in [-0.2, -0.15) is 5.10 Å². The fraction of sp³-hybridized carbons (Fsp3) is 0.368. The highest BCUT2D eigenvalue weighted by atomic mass is 16.4. The van der Waals surface area contributed by atoms with Gasteiger partial charge >= 0.3 is 0 Å². The van der Waals surface area contributed by atoms with Crippen molar-refractivity contribution in [2.24, 2.45) is 0 Å². The van der Waals surface area contributed by atoms with Crippen LogP contribution in [0.4, 0.5) is 0 Å². The first kappa shape index (κ1) is 17.4. The summed E-state index contributed by atoms with van der Waals surface area (Å²) in [6, 6.07) is 8.08. The zero-order chi connectivity index (χ0) is 18.8. The lowest BCUT2D eigenvalue weighted by atomic mass is 10.1. The van der Waals surface area contributed by atoms with Crippen LogP contribution in [0.5, 0.6) is 0 Å². The van der Waals surface area contributed by atoms with Crippen molar-refractivity contribution >= 4 is 5.91 Å². The fourth-order valence-electron chi connectivity index (χ4n) is 3.28. The zero-order valence-electron chi connectivity index (χ0n) is 15.5. The van der Waals surface area contributed by atoms with E-state index in [0.29, 0.717) is 31.3 Å². The van der Waals surface area contributed by atoms with Crippen LogP contribution >= 0.6 is 0 Å². The third kappa shape index (κ3) is 3.61. The van der Waals surface area contributed by atoms with Crippen molar-refractivity contribution in [1.29, 1.82) is 0 Å². The molecular formula is C19H22N6O2. The van der Waals surface area contributed by atoms with Gasteiger partial charge < -0.3 is 9.32 Å². The van der Waals surface area contributed by atoms with E-state index in [4.69, 9.17) is 9.40 Å². The second-order valence-corrected chi connectivity index (χ2v) is 6.74. The third-order valence-electron chi connectivity index (χ3n) is 4.92. The van der Waals surface area contributed by atoms with Gasteiger partial charge in [-0.05, 0) is 25.5 Å². The molecule has 8 heteroatoms. The molecule has 0 saturated carbocycles. The topological polar surface area (TPSA) is 91.2 Å². The molecule has 8 nitrogen and oxygen atoms in total. The predicted octanol–water partition coefficient (Wildman–Crippen LogP) is 2.03. The van der Waals surface area contributed by atoms with Gasteiger partial charge in [0.2, 0.25) is 11.7 Å². The van der Waals surface area contributed by atoms with E-state index in [0.717, 1.165) is 35.7 Å². The summed E-state index contributed by atoms with van der Waals surface area (Å²) >= 11 is 0. The number of amides is 1. The van der Waals surface area contributed by atoms with Gasteiger partial charge in [0.15, 0.2) is 0 Å². The molecule has 0 unspecified atom stereocenters. The number of hydrogen-bond acceptors (Lipinski definition) is 6. The first-order valence-corrected chi connectivity index (χ1v) is 9.01. The molecule has 3 aromatic rings. The Labute approximate surface area is 157 Å². The highest BCUT2D eigenvalue weighted by molar-refractivity contribution is 5.90. The summed E-state index contributed by atoms with van der Waals surface area (Å²) in [7, 11) is 0. The minimum Gasteiger partial charge on any atom is -0.441 e. The Bertz CT molecular complexity index is 926. The zero-order valence-corrected chi connectivity index (χ0v) is 15.5. The number of aryl methyl sites for hydroxylation is 2. The van der Waals surface area contributed by atoms with Crippen LogP contribution in [0.25, 0.3) is 11.5 Å². The molecule has 27 heavy (non-hydrogen) atoms. The summed E-state index contributed by atoms with van der Waals surface area (Å²) in [6.45, 7) is 7.60. The van der Waals surface area contributed by atoms with Crippen LogP contribution < -0.4 is 0 Å². The van der Waals surface area contributed by atoms with Gasteiger partial charge in [0.05, 0.1) is 5.69 Å². The van der Waals surface area contributed by atoms with Gasteiger partial charge in [0, 0.05) is 38.3 Å². The molecule has 1 aliphatic rings. The van der Waals surface area contributed by atoms with Crippen molar-refractivity contribution in [2.75, 3.05) is 26.2 Å². The molecule has 0 atom stereocenters. The predicted molar refractivity (Wildman–Crippen MR) is 99.0 cm³/mol. The van der Waals surface area contributed by atoms with E-state index >= 15 is 0 Å². The van der Waals surface area contributed by atoms with E-state index in [-0.39, 0.29) is 5.91 Å². The SMILES string of the molecule is Cc1ccccc1-c1nc(CN2CCN(C(=O)c3ncn[nH]3)CC2)c(C)o1. The van der Waals surface area contributed by atoms with Crippen molar-refractivity contribution in [3.8, 4) is 11.5 Å². The number of aromatic nitrogens is 4. The summed E-state index contributed by atoms with van der Waals surface area (Å²) in [5.41, 5.74) is 3.11. The van der Waals surface area contributed by atoms with Crippen LogP contribution in [0.3, 0.4) is 0 Å². The van der Waals surface area contributed by atoms with E-state index in [2.05, 4.69) is 33.1 Å². The maximum atomic E-state index is 12.3. The first-order chi connectivity index (χ1) is 13.1. The highest BCUT2D eigenvalue weighted by Gasteiger charge is 2.25. The Morgan fingerprint density at radius 3 is 2.67 bits per heavy atom. The van der Waals surface area contributed by atoms with Gasteiger partial charge in [-0.1, -0.05) is 18.2 Å². The van der Waals surface area contributed by atoms with Crippen molar-refractivity contribution in [3.05, 3.63) is 53.4 Å². The molecule has 1 aromatic carbocycles. The Balaban J connectivity index is 1.40. The summed E-state index contributed by atoms with van der Waals surface area (Å²) in [6.07, 6.45) is 1.35. The van der Waals surface area contributed by atoms with Crippen LogP contribution in [-0.2, 0) is 6.54 Å². The van der Waals surface area contributed by atoms with Crippen molar-refractivity contribution in [2.45, 2.75) is 20.4 Å². The quantitative estimate of drug-likeness (QED) is 0.760. The number of nitrogens with one attached hydrogen (secondary N) is 1. The lowest BCUT2D eigenvalue weighted by molar-refractivity contribution is 0.0615. The largest absolute Gasteiger partial charge is 0.441 e. The minimum atomic E-state index is -0.105. The van der Waals surface area contributed by atoms with Crippen LogP contribution in [0, 0.1) is 13.8 Å². The number of carbonyl (C=O) groups is 1. The first-order valence-electron chi connectivity index (χ1n) is 9.01. The van der Waals surface area contributed by atoms with Crippen molar-refractivity contribution in [3.63, 3.8) is 0 Å². The Morgan fingerprint density at radius 1 is 1.19 bits per heavy atom. The Hall–Kier alpha value is -3.00. The highest BCUT2D eigenvalue weighted by Crippen LogP contribution is 2.25. The lowest BCUT2D eigenvalue weighted by Gasteiger charge is -2.33. The van der Waals surface area contributed by atoms with Crippen molar-refractivity contribution in [1.82, 2.24) is 30.0 Å². The smallest absolute Gasteiger partial charge is 0.291 e. The maximum absolute atomic E-state index is 12.3. The molecule has 1 saturated heterocycles. The summed E-state index contributed by atoms with van der Waals surface area (Å²) in [4.78, 5) is 25.1. The summed E-state index contributed by atoms with van der Waals surface area (Å²) in [5.74, 6) is 1.69. The number of H-pyrrole nitrogens is 1. The second kappa shape index (κ2) is 7.32. The molecule has 0 bridgehead atoms. The van der Waals surface area contributed by atoms with Crippen LogP contribution in [0.2, 0.25) is 0 Å². The molecule has 140 valence electrons. The van der Waals surface area contributed by atoms with Gasteiger partial charge in [-0.3, -0.25) is 14.8 Å². The van der Waals surface area contributed by atoms with Crippen LogP contribution in [-0.4, -0.2) is 62.1 Å². The van der Waals surface area contributed by atoms with E-state index in [1.807, 2.05) is 25.1 Å². The number of aromatic amines is 1. The molecule has 1 N–H and O–H groups in total. The normalized spacial score (nSPS) is 15.3. The number of carbonyl (C=O) groups excluding carboxylic acids is 1. The van der Waals surface area contributed by atoms with Gasteiger partial charge in [-0.25, -0.2) is 9.97 Å².